The number of fused-ring (bicyclic) bond motifs is 1. The van der Waals surface area contributed by atoms with E-state index in [1.54, 1.807) is 0 Å². The Balaban J connectivity index is 1.90. The molecule has 1 saturated heterocycles. The Morgan fingerprint density at radius 3 is 2.75 bits per heavy atom. The standard InChI is InChI=1S/C10H13ClN6O6S/c11-10-15-7(12)4-8(16-10)17(2-14-4)9-6(19)5(18)3(23-9)1-22-24(13,20)21/h2-3,5-6,9,18-19H,1H2,(H2,12,15,16)(H2,13,20,21). The number of hydrogen-bond acceptors (Lipinski definition) is 10. The molecule has 24 heavy (non-hydrogen) atoms. The predicted octanol–water partition coefficient (Wildman–Crippen LogP) is -2.10. The monoisotopic (exact) mass is 380 g/mol. The zero-order valence-electron chi connectivity index (χ0n) is 11.9. The van der Waals surface area contributed by atoms with Gasteiger partial charge in [0.25, 0.3) is 0 Å². The lowest BCUT2D eigenvalue weighted by molar-refractivity contribution is -0.0467. The Morgan fingerprint density at radius 2 is 2.08 bits per heavy atom. The van der Waals surface area contributed by atoms with E-state index in [1.807, 2.05) is 0 Å². The van der Waals surface area contributed by atoms with Crippen molar-refractivity contribution in [2.45, 2.75) is 24.5 Å². The van der Waals surface area contributed by atoms with E-state index < -0.39 is 41.5 Å². The fourth-order valence-electron chi connectivity index (χ4n) is 2.36. The second-order valence-electron chi connectivity index (χ2n) is 5.03. The molecule has 2 aromatic rings. The highest BCUT2D eigenvalue weighted by molar-refractivity contribution is 7.84. The summed E-state index contributed by atoms with van der Waals surface area (Å²) in [5.74, 6) is 0.0332. The first-order valence-corrected chi connectivity index (χ1v) is 8.36. The van der Waals surface area contributed by atoms with E-state index >= 15 is 0 Å². The number of aromatic nitrogens is 4. The normalized spacial score (nSPS) is 27.8. The molecule has 14 heteroatoms. The van der Waals surface area contributed by atoms with Crippen LogP contribution in [0.5, 0.6) is 0 Å². The molecule has 0 radical (unpaired) electrons. The fourth-order valence-corrected chi connectivity index (χ4v) is 2.85. The second-order valence-corrected chi connectivity index (χ2v) is 6.58. The Bertz CT molecular complexity index is 874. The van der Waals surface area contributed by atoms with E-state index in [1.165, 1.54) is 10.9 Å². The topological polar surface area (TPSA) is 189 Å². The van der Waals surface area contributed by atoms with Gasteiger partial charge in [-0.25, -0.2) is 10.1 Å². The van der Waals surface area contributed by atoms with E-state index in [9.17, 15) is 18.6 Å². The van der Waals surface area contributed by atoms with Crippen molar-refractivity contribution >= 4 is 38.9 Å². The Hall–Kier alpha value is -1.61. The van der Waals surface area contributed by atoms with Crippen LogP contribution >= 0.6 is 11.6 Å². The average molecular weight is 381 g/mol. The van der Waals surface area contributed by atoms with Crippen LogP contribution in [0.15, 0.2) is 6.33 Å². The second kappa shape index (κ2) is 6.03. The molecular formula is C10H13ClN6O6S. The summed E-state index contributed by atoms with van der Waals surface area (Å²) >= 11 is 5.76. The smallest absolute Gasteiger partial charge is 0.333 e. The molecule has 3 rings (SSSR count). The number of nitrogen functional groups attached to an aromatic ring is 1. The van der Waals surface area contributed by atoms with Crippen molar-refractivity contribution in [2.24, 2.45) is 5.14 Å². The highest BCUT2D eigenvalue weighted by Gasteiger charge is 2.45. The molecular weight excluding hydrogens is 368 g/mol. The Kier molecular flexibility index (Phi) is 4.33. The lowest BCUT2D eigenvalue weighted by Crippen LogP contribution is -2.35. The number of halogens is 1. The molecule has 6 N–H and O–H groups in total. The number of nitrogens with two attached hydrogens (primary N) is 2. The van der Waals surface area contributed by atoms with Crippen LogP contribution in [0.25, 0.3) is 11.2 Å². The molecule has 4 unspecified atom stereocenters. The van der Waals surface area contributed by atoms with Gasteiger partial charge in [-0.2, -0.15) is 18.4 Å². The molecule has 0 bridgehead atoms. The van der Waals surface area contributed by atoms with Crippen LogP contribution in [0.3, 0.4) is 0 Å². The maximum atomic E-state index is 10.8. The molecule has 2 aromatic heterocycles. The summed E-state index contributed by atoms with van der Waals surface area (Å²) in [6, 6.07) is 0. The number of aliphatic hydroxyl groups is 2. The van der Waals surface area contributed by atoms with Gasteiger partial charge in [0, 0.05) is 0 Å². The van der Waals surface area contributed by atoms with Gasteiger partial charge in [0.05, 0.1) is 12.9 Å². The summed E-state index contributed by atoms with van der Waals surface area (Å²) in [4.78, 5) is 11.7. The molecule has 0 saturated carbocycles. The fraction of sp³-hybridized carbons (Fsp3) is 0.500. The summed E-state index contributed by atoms with van der Waals surface area (Å²) < 4.78 is 32.8. The van der Waals surface area contributed by atoms with Crippen molar-refractivity contribution in [2.75, 3.05) is 12.3 Å². The summed E-state index contributed by atoms with van der Waals surface area (Å²) in [5.41, 5.74) is 6.10. The third-order valence-electron chi connectivity index (χ3n) is 3.43. The van der Waals surface area contributed by atoms with Crippen molar-refractivity contribution in [3.8, 4) is 0 Å². The zero-order valence-corrected chi connectivity index (χ0v) is 13.4. The van der Waals surface area contributed by atoms with Gasteiger partial charge in [-0.15, -0.1) is 0 Å². The maximum absolute atomic E-state index is 10.8. The number of rotatable bonds is 4. The van der Waals surface area contributed by atoms with Gasteiger partial charge in [-0.1, -0.05) is 0 Å². The third kappa shape index (κ3) is 3.14. The lowest BCUT2D eigenvalue weighted by Gasteiger charge is -2.16. The first kappa shape index (κ1) is 17.2. The highest BCUT2D eigenvalue weighted by atomic mass is 35.5. The minimum Gasteiger partial charge on any atom is -0.387 e. The largest absolute Gasteiger partial charge is 0.387 e. The van der Waals surface area contributed by atoms with Gasteiger partial charge in [0.1, 0.15) is 23.8 Å². The number of imidazole rings is 1. The third-order valence-corrected chi connectivity index (χ3v) is 4.06. The lowest BCUT2D eigenvalue weighted by atomic mass is 10.1. The van der Waals surface area contributed by atoms with Crippen LogP contribution < -0.4 is 10.9 Å². The van der Waals surface area contributed by atoms with Crippen LogP contribution in [0.2, 0.25) is 5.28 Å². The summed E-state index contributed by atoms with van der Waals surface area (Å²) in [7, 11) is -4.22. The number of nitrogens with zero attached hydrogens (tertiary/aromatic N) is 4. The maximum Gasteiger partial charge on any atom is 0.333 e. The van der Waals surface area contributed by atoms with E-state index in [4.69, 9.17) is 27.2 Å². The number of aliphatic hydroxyl groups excluding tert-OH is 2. The molecule has 3 heterocycles. The van der Waals surface area contributed by atoms with Crippen LogP contribution in [0.4, 0.5) is 5.82 Å². The summed E-state index contributed by atoms with van der Waals surface area (Å²) in [6.07, 6.45) is -3.83. The van der Waals surface area contributed by atoms with Crippen molar-refractivity contribution in [3.05, 3.63) is 11.6 Å². The highest BCUT2D eigenvalue weighted by Crippen LogP contribution is 2.32. The SMILES string of the molecule is Nc1nc(Cl)nc2c1ncn2C1OC(COS(N)(=O)=O)C(O)C1O. The molecule has 0 amide bonds. The van der Waals surface area contributed by atoms with Crippen molar-refractivity contribution in [3.63, 3.8) is 0 Å². The van der Waals surface area contributed by atoms with Gasteiger partial charge in [0.15, 0.2) is 17.7 Å². The van der Waals surface area contributed by atoms with E-state index in [2.05, 4.69) is 19.1 Å². The van der Waals surface area contributed by atoms with Gasteiger partial charge < -0.3 is 20.7 Å². The summed E-state index contributed by atoms with van der Waals surface area (Å²) in [6.45, 7) is -0.571. The van der Waals surface area contributed by atoms with Gasteiger partial charge in [-0.3, -0.25) is 8.75 Å². The predicted molar refractivity (Wildman–Crippen MR) is 79.7 cm³/mol. The number of ether oxygens (including phenoxy) is 1. The summed E-state index contributed by atoms with van der Waals surface area (Å²) in [5, 5.41) is 24.7. The number of anilines is 1. The van der Waals surface area contributed by atoms with Crippen LogP contribution in [-0.2, 0) is 19.2 Å². The Morgan fingerprint density at radius 1 is 1.38 bits per heavy atom. The number of hydrogen-bond donors (Lipinski definition) is 4. The van der Waals surface area contributed by atoms with Crippen LogP contribution in [-0.4, -0.2) is 63.1 Å². The van der Waals surface area contributed by atoms with E-state index in [0.717, 1.165) is 0 Å². The van der Waals surface area contributed by atoms with E-state index in [-0.39, 0.29) is 22.3 Å². The first-order chi connectivity index (χ1) is 11.2. The molecule has 12 nitrogen and oxygen atoms in total. The quantitative estimate of drug-likeness (QED) is 0.427. The molecule has 1 fully saturated rings. The minimum atomic E-state index is -4.22. The minimum absolute atomic E-state index is 0.0332. The van der Waals surface area contributed by atoms with Gasteiger partial charge in [-0.05, 0) is 11.6 Å². The molecule has 1 aliphatic heterocycles. The molecule has 0 aromatic carbocycles. The zero-order chi connectivity index (χ0) is 17.6. The molecule has 4 atom stereocenters. The van der Waals surface area contributed by atoms with E-state index in [0.29, 0.717) is 0 Å². The van der Waals surface area contributed by atoms with Gasteiger partial charge in [0.2, 0.25) is 5.28 Å². The first-order valence-electron chi connectivity index (χ1n) is 6.51. The van der Waals surface area contributed by atoms with Crippen LogP contribution in [0, 0.1) is 0 Å². The average Bonchev–Trinajstić information content (AvgIpc) is 3.00. The van der Waals surface area contributed by atoms with Gasteiger partial charge >= 0.3 is 10.3 Å². The van der Waals surface area contributed by atoms with Crippen LogP contribution in [0.1, 0.15) is 6.23 Å². The van der Waals surface area contributed by atoms with Crippen molar-refractivity contribution < 1.29 is 27.6 Å². The van der Waals surface area contributed by atoms with Crippen molar-refractivity contribution in [1.29, 1.82) is 0 Å². The Labute approximate surface area is 140 Å². The molecule has 132 valence electrons. The molecule has 0 spiro atoms. The molecule has 1 aliphatic rings. The van der Waals surface area contributed by atoms with Crippen molar-refractivity contribution in [1.82, 2.24) is 19.5 Å². The molecule has 0 aliphatic carbocycles.